The van der Waals surface area contributed by atoms with Gasteiger partial charge in [0.15, 0.2) is 0 Å². The van der Waals surface area contributed by atoms with Gasteiger partial charge in [0.1, 0.15) is 5.75 Å². The molecular formula is C15H19NO4. The van der Waals surface area contributed by atoms with Crippen LogP contribution >= 0.6 is 0 Å². The molecule has 3 atom stereocenters. The molecule has 0 saturated heterocycles. The summed E-state index contributed by atoms with van der Waals surface area (Å²) in [6.45, 7) is 1.98. The van der Waals surface area contributed by atoms with Gasteiger partial charge in [0.25, 0.3) is 0 Å². The van der Waals surface area contributed by atoms with Gasteiger partial charge in [-0.15, -0.1) is 0 Å². The van der Waals surface area contributed by atoms with Gasteiger partial charge in [-0.2, -0.15) is 0 Å². The van der Waals surface area contributed by atoms with Crippen LogP contribution in [0.2, 0.25) is 0 Å². The molecule has 108 valence electrons. The smallest absolute Gasteiger partial charge is 0.307 e. The highest BCUT2D eigenvalue weighted by atomic mass is 16.4. The summed E-state index contributed by atoms with van der Waals surface area (Å²) in [5.41, 5.74) is 0.650. The van der Waals surface area contributed by atoms with E-state index >= 15 is 0 Å². The van der Waals surface area contributed by atoms with E-state index in [1.165, 1.54) is 17.0 Å². The Bertz CT molecular complexity index is 511. The maximum atomic E-state index is 12.5. The number of phenols is 1. The van der Waals surface area contributed by atoms with Crippen molar-refractivity contribution in [1.82, 2.24) is 0 Å². The molecule has 1 aromatic rings. The van der Waals surface area contributed by atoms with E-state index in [9.17, 15) is 19.8 Å². The van der Waals surface area contributed by atoms with Gasteiger partial charge >= 0.3 is 5.97 Å². The molecule has 1 aliphatic rings. The van der Waals surface area contributed by atoms with E-state index in [1.54, 1.807) is 19.2 Å². The van der Waals surface area contributed by atoms with Crippen molar-refractivity contribution in [2.75, 3.05) is 11.9 Å². The summed E-state index contributed by atoms with van der Waals surface area (Å²) in [4.78, 5) is 25.2. The molecule has 1 amide bonds. The van der Waals surface area contributed by atoms with Gasteiger partial charge in [0.2, 0.25) is 5.91 Å². The Morgan fingerprint density at radius 3 is 2.25 bits per heavy atom. The zero-order valence-electron chi connectivity index (χ0n) is 11.6. The number of hydrogen-bond donors (Lipinski definition) is 2. The van der Waals surface area contributed by atoms with Crippen LogP contribution in [-0.2, 0) is 9.59 Å². The van der Waals surface area contributed by atoms with Gasteiger partial charge in [0, 0.05) is 12.7 Å². The lowest BCUT2D eigenvalue weighted by molar-refractivity contribution is -0.145. The minimum absolute atomic E-state index is 0.132. The molecule has 20 heavy (non-hydrogen) atoms. The molecule has 0 heterocycles. The molecule has 1 saturated carbocycles. The number of phenolic OH excluding ortho intramolecular Hbond substituents is 1. The van der Waals surface area contributed by atoms with E-state index in [-0.39, 0.29) is 17.6 Å². The molecule has 0 radical (unpaired) electrons. The van der Waals surface area contributed by atoms with Crippen molar-refractivity contribution in [3.63, 3.8) is 0 Å². The number of benzene rings is 1. The van der Waals surface area contributed by atoms with Gasteiger partial charge in [0.05, 0.1) is 11.8 Å². The van der Waals surface area contributed by atoms with Gasteiger partial charge < -0.3 is 15.1 Å². The molecule has 5 nitrogen and oxygen atoms in total. The topological polar surface area (TPSA) is 77.8 Å². The van der Waals surface area contributed by atoms with Crippen molar-refractivity contribution in [3.8, 4) is 5.75 Å². The van der Waals surface area contributed by atoms with Crippen molar-refractivity contribution in [1.29, 1.82) is 0 Å². The summed E-state index contributed by atoms with van der Waals surface area (Å²) in [7, 11) is 1.64. The van der Waals surface area contributed by atoms with Gasteiger partial charge in [-0.25, -0.2) is 0 Å². The molecule has 5 heteroatoms. The molecular weight excluding hydrogens is 258 g/mol. The zero-order chi connectivity index (χ0) is 14.9. The lowest BCUT2D eigenvalue weighted by Crippen LogP contribution is -2.36. The van der Waals surface area contributed by atoms with E-state index < -0.39 is 17.8 Å². The number of nitrogens with zero attached hydrogens (tertiary/aromatic N) is 1. The first-order chi connectivity index (χ1) is 9.40. The SMILES string of the molecule is CC1C[C@H](C(=O)N(C)c2ccc(O)cc2)[C@H](C(=O)O)C1. The van der Waals surface area contributed by atoms with E-state index in [4.69, 9.17) is 0 Å². The molecule has 2 rings (SSSR count). The number of aliphatic carboxylic acids is 1. The number of rotatable bonds is 3. The Kier molecular flexibility index (Phi) is 3.97. The molecule has 1 unspecified atom stereocenters. The zero-order valence-corrected chi connectivity index (χ0v) is 11.6. The van der Waals surface area contributed by atoms with Crippen LogP contribution in [0.4, 0.5) is 5.69 Å². The second kappa shape index (κ2) is 5.53. The first kappa shape index (κ1) is 14.4. The Morgan fingerprint density at radius 2 is 1.70 bits per heavy atom. The number of carbonyl (C=O) groups excluding carboxylic acids is 1. The van der Waals surface area contributed by atoms with Crippen LogP contribution in [0.3, 0.4) is 0 Å². The molecule has 1 fully saturated rings. The van der Waals surface area contributed by atoms with Crippen molar-refractivity contribution in [2.24, 2.45) is 17.8 Å². The van der Waals surface area contributed by atoms with Crippen molar-refractivity contribution in [2.45, 2.75) is 19.8 Å². The lowest BCUT2D eigenvalue weighted by Gasteiger charge is -2.23. The fourth-order valence-electron chi connectivity index (χ4n) is 2.89. The highest BCUT2D eigenvalue weighted by molar-refractivity contribution is 5.97. The summed E-state index contributed by atoms with van der Waals surface area (Å²) in [5, 5.41) is 18.5. The normalized spacial score (nSPS) is 25.4. The summed E-state index contributed by atoms with van der Waals surface area (Å²) >= 11 is 0. The van der Waals surface area contributed by atoms with Gasteiger partial charge in [-0.3, -0.25) is 9.59 Å². The largest absolute Gasteiger partial charge is 0.508 e. The third-order valence-electron chi connectivity index (χ3n) is 4.00. The van der Waals surface area contributed by atoms with Crippen molar-refractivity contribution >= 4 is 17.6 Å². The second-order valence-corrected chi connectivity index (χ2v) is 5.54. The molecule has 0 spiro atoms. The van der Waals surface area contributed by atoms with Crippen molar-refractivity contribution < 1.29 is 19.8 Å². The fourth-order valence-corrected chi connectivity index (χ4v) is 2.89. The average molecular weight is 277 g/mol. The maximum absolute atomic E-state index is 12.5. The Labute approximate surface area is 117 Å². The fraction of sp³-hybridized carbons (Fsp3) is 0.467. The highest BCUT2D eigenvalue weighted by Crippen LogP contribution is 2.38. The molecule has 0 bridgehead atoms. The predicted octanol–water partition coefficient (Wildman–Crippen LogP) is 2.10. The third kappa shape index (κ3) is 2.76. The first-order valence-corrected chi connectivity index (χ1v) is 6.69. The van der Waals surface area contributed by atoms with Crippen LogP contribution in [0.1, 0.15) is 19.8 Å². The van der Waals surface area contributed by atoms with Crippen LogP contribution in [0.5, 0.6) is 5.75 Å². The van der Waals surface area contributed by atoms with Crippen LogP contribution in [0.15, 0.2) is 24.3 Å². The Balaban J connectivity index is 2.17. The van der Waals surface area contributed by atoms with Crippen LogP contribution in [0, 0.1) is 17.8 Å². The minimum Gasteiger partial charge on any atom is -0.508 e. The molecule has 0 aromatic heterocycles. The predicted molar refractivity (Wildman–Crippen MR) is 74.5 cm³/mol. The lowest BCUT2D eigenvalue weighted by atomic mass is 9.94. The Morgan fingerprint density at radius 1 is 1.15 bits per heavy atom. The molecule has 0 aliphatic heterocycles. The molecule has 1 aliphatic carbocycles. The second-order valence-electron chi connectivity index (χ2n) is 5.54. The first-order valence-electron chi connectivity index (χ1n) is 6.69. The summed E-state index contributed by atoms with van der Waals surface area (Å²) in [5.74, 6) is -1.76. The van der Waals surface area contributed by atoms with Crippen LogP contribution in [-0.4, -0.2) is 29.1 Å². The van der Waals surface area contributed by atoms with Gasteiger partial charge in [-0.1, -0.05) is 6.92 Å². The number of carboxylic acids is 1. The number of carboxylic acid groups (broad SMARTS) is 1. The monoisotopic (exact) mass is 277 g/mol. The molecule has 1 aromatic carbocycles. The number of aromatic hydroxyl groups is 1. The number of amides is 1. The average Bonchev–Trinajstić information content (AvgIpc) is 2.80. The standard InChI is InChI=1S/C15H19NO4/c1-9-7-12(13(8-9)15(19)20)14(18)16(2)10-3-5-11(17)6-4-10/h3-6,9,12-13,17H,7-8H2,1-2H3,(H,19,20)/t9?,12-,13+/m0/s1. The summed E-state index contributed by atoms with van der Waals surface area (Å²) < 4.78 is 0. The number of anilines is 1. The van der Waals surface area contributed by atoms with Crippen LogP contribution < -0.4 is 4.90 Å². The maximum Gasteiger partial charge on any atom is 0.307 e. The van der Waals surface area contributed by atoms with E-state index in [0.29, 0.717) is 18.5 Å². The Hall–Kier alpha value is -2.04. The van der Waals surface area contributed by atoms with Crippen molar-refractivity contribution in [3.05, 3.63) is 24.3 Å². The van der Waals surface area contributed by atoms with Crippen LogP contribution in [0.25, 0.3) is 0 Å². The van der Waals surface area contributed by atoms with E-state index in [1.807, 2.05) is 6.92 Å². The van der Waals surface area contributed by atoms with E-state index in [0.717, 1.165) is 0 Å². The number of carbonyl (C=O) groups is 2. The number of hydrogen-bond acceptors (Lipinski definition) is 3. The quantitative estimate of drug-likeness (QED) is 0.887. The minimum atomic E-state index is -0.896. The third-order valence-corrected chi connectivity index (χ3v) is 4.00. The summed E-state index contributed by atoms with van der Waals surface area (Å²) in [6.07, 6.45) is 1.16. The summed E-state index contributed by atoms with van der Waals surface area (Å²) in [6, 6.07) is 6.29. The highest BCUT2D eigenvalue weighted by Gasteiger charge is 2.42. The molecule has 2 N–H and O–H groups in total. The van der Waals surface area contributed by atoms with E-state index in [2.05, 4.69) is 0 Å². The van der Waals surface area contributed by atoms with Gasteiger partial charge in [-0.05, 0) is 43.0 Å².